The molecule has 6 rings (SSSR count). The summed E-state index contributed by atoms with van der Waals surface area (Å²) in [6.45, 7) is 0. The van der Waals surface area contributed by atoms with Gasteiger partial charge < -0.3 is 4.74 Å². The second-order valence-electron chi connectivity index (χ2n) is 8.12. The molecule has 1 aliphatic rings. The SMILES string of the molecule is Fc1ccc2c(c1)Oc1cc(F)ccc1C2(c1ccccn1)c1cccc(-c2ccccc2)n1. The lowest BCUT2D eigenvalue weighted by molar-refractivity contribution is 0.421. The lowest BCUT2D eigenvalue weighted by Gasteiger charge is -2.39. The van der Waals surface area contributed by atoms with Gasteiger partial charge in [-0.3, -0.25) is 9.97 Å². The minimum atomic E-state index is -1.05. The molecular weight excluding hydrogens is 430 g/mol. The van der Waals surface area contributed by atoms with Gasteiger partial charge in [-0.05, 0) is 36.4 Å². The third-order valence-corrected chi connectivity index (χ3v) is 6.17. The molecule has 164 valence electrons. The minimum Gasteiger partial charge on any atom is -0.456 e. The van der Waals surface area contributed by atoms with Crippen LogP contribution in [0.3, 0.4) is 0 Å². The van der Waals surface area contributed by atoms with Crippen molar-refractivity contribution in [2.45, 2.75) is 5.41 Å². The van der Waals surface area contributed by atoms with Gasteiger partial charge in [0.2, 0.25) is 0 Å². The van der Waals surface area contributed by atoms with E-state index in [2.05, 4.69) is 0 Å². The number of fused-ring (bicyclic) bond motifs is 2. The first-order valence-electron chi connectivity index (χ1n) is 10.9. The van der Waals surface area contributed by atoms with Crippen molar-refractivity contribution in [2.75, 3.05) is 0 Å². The van der Waals surface area contributed by atoms with E-state index in [0.29, 0.717) is 34.0 Å². The van der Waals surface area contributed by atoms with E-state index in [-0.39, 0.29) is 0 Å². The standard InChI is InChI=1S/C29H18F2N2O/c30-20-12-14-22-25(17-20)34-26-18-21(31)13-15-23(26)29(22,27-10-4-5-16-32-27)28-11-6-9-24(33-28)19-7-2-1-3-8-19/h1-18H. The van der Waals surface area contributed by atoms with Crippen molar-refractivity contribution in [3.8, 4) is 22.8 Å². The van der Waals surface area contributed by atoms with Gasteiger partial charge in [0.1, 0.15) is 28.5 Å². The minimum absolute atomic E-state index is 0.302. The maximum absolute atomic E-state index is 14.3. The maximum Gasteiger partial charge on any atom is 0.135 e. The van der Waals surface area contributed by atoms with E-state index < -0.39 is 17.0 Å². The van der Waals surface area contributed by atoms with E-state index in [0.717, 1.165) is 11.3 Å². The first-order chi connectivity index (χ1) is 16.7. The van der Waals surface area contributed by atoms with Crippen LogP contribution in [0.2, 0.25) is 0 Å². The van der Waals surface area contributed by atoms with Crippen molar-refractivity contribution in [2.24, 2.45) is 0 Å². The third kappa shape index (κ3) is 3.09. The van der Waals surface area contributed by atoms with Crippen LogP contribution in [0.5, 0.6) is 11.5 Å². The van der Waals surface area contributed by atoms with Gasteiger partial charge in [-0.15, -0.1) is 0 Å². The average molecular weight is 448 g/mol. The molecule has 5 aromatic rings. The average Bonchev–Trinajstić information content (AvgIpc) is 2.88. The summed E-state index contributed by atoms with van der Waals surface area (Å²) in [5, 5.41) is 0. The van der Waals surface area contributed by atoms with Crippen LogP contribution < -0.4 is 4.74 Å². The molecule has 3 aromatic carbocycles. The highest BCUT2D eigenvalue weighted by atomic mass is 19.1. The fourth-order valence-electron chi connectivity index (χ4n) is 4.73. The predicted octanol–water partition coefficient (Wildman–Crippen LogP) is 6.91. The van der Waals surface area contributed by atoms with E-state index in [4.69, 9.17) is 14.7 Å². The van der Waals surface area contributed by atoms with Crippen LogP contribution >= 0.6 is 0 Å². The van der Waals surface area contributed by atoms with Crippen LogP contribution in [0.1, 0.15) is 22.5 Å². The zero-order chi connectivity index (χ0) is 23.1. The van der Waals surface area contributed by atoms with Crippen LogP contribution in [-0.4, -0.2) is 9.97 Å². The molecule has 0 amide bonds. The van der Waals surface area contributed by atoms with E-state index in [9.17, 15) is 8.78 Å². The number of aromatic nitrogens is 2. The van der Waals surface area contributed by atoms with Gasteiger partial charge in [-0.1, -0.05) is 54.6 Å². The third-order valence-electron chi connectivity index (χ3n) is 6.17. The molecule has 0 spiro atoms. The highest BCUT2D eigenvalue weighted by Gasteiger charge is 2.48. The summed E-state index contributed by atoms with van der Waals surface area (Å²) in [5.74, 6) is -0.287. The molecule has 0 atom stereocenters. The molecule has 0 aliphatic carbocycles. The van der Waals surface area contributed by atoms with E-state index in [1.807, 2.05) is 66.7 Å². The van der Waals surface area contributed by atoms with Crippen LogP contribution in [0.15, 0.2) is 109 Å². The van der Waals surface area contributed by atoms with Gasteiger partial charge in [0.25, 0.3) is 0 Å². The largest absolute Gasteiger partial charge is 0.456 e. The molecule has 0 radical (unpaired) electrons. The fourth-order valence-corrected chi connectivity index (χ4v) is 4.73. The van der Waals surface area contributed by atoms with Crippen molar-refractivity contribution >= 4 is 0 Å². The number of benzene rings is 3. The van der Waals surface area contributed by atoms with Crippen molar-refractivity contribution < 1.29 is 13.5 Å². The summed E-state index contributed by atoms with van der Waals surface area (Å²) in [4.78, 5) is 9.79. The van der Waals surface area contributed by atoms with Crippen molar-refractivity contribution in [1.29, 1.82) is 0 Å². The molecule has 5 heteroatoms. The lowest BCUT2D eigenvalue weighted by Crippen LogP contribution is -2.36. The van der Waals surface area contributed by atoms with Crippen LogP contribution in [0, 0.1) is 11.6 Å². The first kappa shape index (κ1) is 20.2. The highest BCUT2D eigenvalue weighted by molar-refractivity contribution is 5.68. The Bertz CT molecular complexity index is 1450. The summed E-state index contributed by atoms with van der Waals surface area (Å²) in [6, 6.07) is 30.1. The summed E-state index contributed by atoms with van der Waals surface area (Å²) in [7, 11) is 0. The van der Waals surface area contributed by atoms with Gasteiger partial charge in [0.15, 0.2) is 0 Å². The second-order valence-corrected chi connectivity index (χ2v) is 8.12. The number of nitrogens with zero attached hydrogens (tertiary/aromatic N) is 2. The fraction of sp³-hybridized carbons (Fsp3) is 0.0345. The Morgan fingerprint density at radius 2 is 1.26 bits per heavy atom. The Balaban J connectivity index is 1.73. The van der Waals surface area contributed by atoms with Gasteiger partial charge in [0.05, 0.1) is 17.1 Å². The van der Waals surface area contributed by atoms with Crippen LogP contribution in [-0.2, 0) is 5.41 Å². The van der Waals surface area contributed by atoms with Crippen molar-refractivity contribution in [3.63, 3.8) is 0 Å². The Hall–Kier alpha value is -4.38. The van der Waals surface area contributed by atoms with Gasteiger partial charge in [-0.25, -0.2) is 8.78 Å². The number of hydrogen-bond donors (Lipinski definition) is 0. The zero-order valence-electron chi connectivity index (χ0n) is 18.0. The predicted molar refractivity (Wildman–Crippen MR) is 126 cm³/mol. The number of ether oxygens (including phenoxy) is 1. The lowest BCUT2D eigenvalue weighted by atomic mass is 9.67. The summed E-state index contributed by atoms with van der Waals surface area (Å²) in [6.07, 6.45) is 1.71. The summed E-state index contributed by atoms with van der Waals surface area (Å²) in [5.41, 5.74) is 3.43. The molecule has 0 bridgehead atoms. The normalized spacial score (nSPS) is 13.5. The molecule has 1 aliphatic heterocycles. The summed E-state index contributed by atoms with van der Waals surface area (Å²) >= 11 is 0. The maximum atomic E-state index is 14.3. The van der Waals surface area contributed by atoms with Crippen molar-refractivity contribution in [3.05, 3.63) is 143 Å². The number of rotatable bonds is 3. The molecule has 0 fully saturated rings. The molecule has 0 saturated carbocycles. The van der Waals surface area contributed by atoms with Gasteiger partial charge in [-0.2, -0.15) is 0 Å². The molecule has 3 heterocycles. The molecular formula is C29H18F2N2O. The molecule has 34 heavy (non-hydrogen) atoms. The number of hydrogen-bond acceptors (Lipinski definition) is 3. The topological polar surface area (TPSA) is 35.0 Å². The molecule has 3 nitrogen and oxygen atoms in total. The molecule has 0 N–H and O–H groups in total. The van der Waals surface area contributed by atoms with Gasteiger partial charge >= 0.3 is 0 Å². The smallest absolute Gasteiger partial charge is 0.135 e. The summed E-state index contributed by atoms with van der Waals surface area (Å²) < 4.78 is 34.6. The quantitative estimate of drug-likeness (QED) is 0.295. The Kier molecular flexibility index (Phi) is 4.69. The Labute approximate surface area is 195 Å². The first-order valence-corrected chi connectivity index (χ1v) is 10.9. The van der Waals surface area contributed by atoms with E-state index in [1.54, 1.807) is 18.3 Å². The molecule has 0 saturated heterocycles. The van der Waals surface area contributed by atoms with E-state index in [1.165, 1.54) is 24.3 Å². The monoisotopic (exact) mass is 448 g/mol. The second kappa shape index (κ2) is 7.89. The van der Waals surface area contributed by atoms with Crippen molar-refractivity contribution in [1.82, 2.24) is 9.97 Å². The highest BCUT2D eigenvalue weighted by Crippen LogP contribution is 2.54. The Morgan fingerprint density at radius 1 is 0.618 bits per heavy atom. The van der Waals surface area contributed by atoms with E-state index >= 15 is 0 Å². The molecule has 0 unspecified atom stereocenters. The molecule has 2 aromatic heterocycles. The van der Waals surface area contributed by atoms with Gasteiger partial charge in [0, 0.05) is 35.0 Å². The Morgan fingerprint density at radius 3 is 1.91 bits per heavy atom. The number of pyridine rings is 2. The zero-order valence-corrected chi connectivity index (χ0v) is 18.0. The van der Waals surface area contributed by atoms with Crippen LogP contribution in [0.4, 0.5) is 8.78 Å². The van der Waals surface area contributed by atoms with Crippen LogP contribution in [0.25, 0.3) is 11.3 Å². The number of halogens is 2.